The van der Waals surface area contributed by atoms with E-state index in [2.05, 4.69) is 11.9 Å². The Hall–Kier alpha value is -3.65. The summed E-state index contributed by atoms with van der Waals surface area (Å²) in [5, 5.41) is 0.603. The number of unbranched alkanes of at least 4 members (excludes halogenated alkanes) is 1. The fraction of sp³-hybridized carbons (Fsp3) is 0.240. The lowest BCUT2D eigenvalue weighted by Gasteiger charge is -2.20. The van der Waals surface area contributed by atoms with Crippen LogP contribution in [0.2, 0.25) is 0 Å². The lowest BCUT2D eigenvalue weighted by atomic mass is 10.1. The first-order chi connectivity index (χ1) is 16.2. The van der Waals surface area contributed by atoms with Crippen molar-refractivity contribution < 1.29 is 19.0 Å². The first kappa shape index (κ1) is 21.2. The minimum absolute atomic E-state index is 0.141. The molecule has 2 aromatic heterocycles. The van der Waals surface area contributed by atoms with E-state index in [4.69, 9.17) is 19.2 Å². The largest absolute Gasteiger partial charge is 0.494 e. The van der Waals surface area contributed by atoms with Crippen molar-refractivity contribution in [2.75, 3.05) is 18.3 Å². The number of rotatable bonds is 8. The van der Waals surface area contributed by atoms with E-state index >= 15 is 0 Å². The number of pyridine rings is 1. The first-order valence-corrected chi connectivity index (χ1v) is 11.7. The number of fused-ring (bicyclic) bond motifs is 2. The maximum Gasteiger partial charge on any atom is 0.260 e. The summed E-state index contributed by atoms with van der Waals surface area (Å²) in [7, 11) is 0. The number of amides is 1. The number of thiazole rings is 1. The fourth-order valence-electron chi connectivity index (χ4n) is 3.51. The number of carbonyl (C=O) groups excluding carboxylic acids is 1. The summed E-state index contributed by atoms with van der Waals surface area (Å²) >= 11 is 1.44. The smallest absolute Gasteiger partial charge is 0.260 e. The van der Waals surface area contributed by atoms with Gasteiger partial charge in [0.05, 0.1) is 23.4 Å². The van der Waals surface area contributed by atoms with E-state index in [1.807, 2.05) is 36.4 Å². The van der Waals surface area contributed by atoms with Gasteiger partial charge in [-0.3, -0.25) is 14.7 Å². The van der Waals surface area contributed by atoms with Gasteiger partial charge in [-0.05, 0) is 42.3 Å². The molecule has 3 heterocycles. The van der Waals surface area contributed by atoms with E-state index in [1.54, 1.807) is 29.4 Å². The number of benzene rings is 2. The predicted molar refractivity (Wildman–Crippen MR) is 127 cm³/mol. The van der Waals surface area contributed by atoms with Crippen molar-refractivity contribution in [3.8, 4) is 17.2 Å². The Kier molecular flexibility index (Phi) is 6.08. The molecule has 0 unspecified atom stereocenters. The van der Waals surface area contributed by atoms with Gasteiger partial charge in [0.1, 0.15) is 5.75 Å². The van der Waals surface area contributed by atoms with Gasteiger partial charge in [0, 0.05) is 30.1 Å². The minimum Gasteiger partial charge on any atom is -0.494 e. The number of nitrogens with zero attached hydrogens (tertiary/aromatic N) is 3. The van der Waals surface area contributed by atoms with Crippen LogP contribution in [0.5, 0.6) is 17.2 Å². The maximum atomic E-state index is 13.6. The Morgan fingerprint density at radius 2 is 1.97 bits per heavy atom. The molecule has 0 fully saturated rings. The number of carbonyl (C=O) groups is 1. The lowest BCUT2D eigenvalue weighted by Crippen LogP contribution is -2.30. The van der Waals surface area contributed by atoms with Crippen LogP contribution in [0, 0.1) is 0 Å². The SMILES string of the molecule is CCCCOc1ccc(C(=O)N(Cc2cccnc2)c2nc3cc4c(cc3s2)OCO4)cc1. The molecular weight excluding hydrogens is 438 g/mol. The van der Waals surface area contributed by atoms with Gasteiger partial charge in [0.15, 0.2) is 16.6 Å². The molecule has 0 radical (unpaired) electrons. The van der Waals surface area contributed by atoms with E-state index in [-0.39, 0.29) is 12.7 Å². The van der Waals surface area contributed by atoms with E-state index in [0.717, 1.165) is 34.4 Å². The van der Waals surface area contributed by atoms with E-state index < -0.39 is 0 Å². The number of hydrogen-bond donors (Lipinski definition) is 0. The maximum absolute atomic E-state index is 13.6. The third kappa shape index (κ3) is 4.61. The highest BCUT2D eigenvalue weighted by molar-refractivity contribution is 7.22. The van der Waals surface area contributed by atoms with Gasteiger partial charge in [-0.2, -0.15) is 0 Å². The molecule has 0 N–H and O–H groups in total. The Morgan fingerprint density at radius 3 is 2.73 bits per heavy atom. The quantitative estimate of drug-likeness (QED) is 0.325. The number of hydrogen-bond acceptors (Lipinski definition) is 7. The Bertz CT molecular complexity index is 1220. The van der Waals surface area contributed by atoms with Crippen LogP contribution < -0.4 is 19.1 Å². The van der Waals surface area contributed by atoms with Crippen LogP contribution in [0.4, 0.5) is 5.13 Å². The Balaban J connectivity index is 1.45. The highest BCUT2D eigenvalue weighted by Gasteiger charge is 2.24. The second kappa shape index (κ2) is 9.46. The van der Waals surface area contributed by atoms with Crippen molar-refractivity contribution in [1.29, 1.82) is 0 Å². The molecule has 2 aromatic carbocycles. The Morgan fingerprint density at radius 1 is 1.15 bits per heavy atom. The molecule has 0 saturated heterocycles. The lowest BCUT2D eigenvalue weighted by molar-refractivity contribution is 0.0985. The molecule has 0 bridgehead atoms. The van der Waals surface area contributed by atoms with Crippen LogP contribution in [0.1, 0.15) is 35.7 Å². The third-order valence-corrected chi connectivity index (χ3v) is 6.32. The zero-order valence-electron chi connectivity index (χ0n) is 18.2. The second-order valence-corrected chi connectivity index (χ2v) is 8.66. The van der Waals surface area contributed by atoms with E-state index in [9.17, 15) is 4.79 Å². The third-order valence-electron chi connectivity index (χ3n) is 5.28. The molecule has 168 valence electrons. The van der Waals surface area contributed by atoms with Crippen LogP contribution in [-0.2, 0) is 6.54 Å². The topological polar surface area (TPSA) is 73.8 Å². The summed E-state index contributed by atoms with van der Waals surface area (Å²) in [5.74, 6) is 1.98. The molecule has 0 spiro atoms. The van der Waals surface area contributed by atoms with Gasteiger partial charge in [-0.1, -0.05) is 30.7 Å². The van der Waals surface area contributed by atoms with Gasteiger partial charge in [0.2, 0.25) is 6.79 Å². The first-order valence-electron chi connectivity index (χ1n) is 10.8. The molecule has 33 heavy (non-hydrogen) atoms. The fourth-order valence-corrected chi connectivity index (χ4v) is 4.48. The monoisotopic (exact) mass is 461 g/mol. The van der Waals surface area contributed by atoms with Gasteiger partial charge in [0.25, 0.3) is 5.91 Å². The summed E-state index contributed by atoms with van der Waals surface area (Å²) in [5.41, 5.74) is 2.25. The molecule has 5 rings (SSSR count). The van der Waals surface area contributed by atoms with Crippen LogP contribution in [0.25, 0.3) is 10.2 Å². The molecule has 0 saturated carbocycles. The normalized spacial score (nSPS) is 12.2. The molecule has 7 nitrogen and oxygen atoms in total. The van der Waals surface area contributed by atoms with Crippen LogP contribution in [0.15, 0.2) is 60.9 Å². The van der Waals surface area contributed by atoms with Crippen molar-refractivity contribution in [2.24, 2.45) is 0 Å². The molecule has 1 amide bonds. The average Bonchev–Trinajstić information content (AvgIpc) is 3.47. The molecule has 0 atom stereocenters. The number of ether oxygens (including phenoxy) is 3. The predicted octanol–water partition coefficient (Wildman–Crippen LogP) is 5.45. The minimum atomic E-state index is -0.141. The molecule has 1 aliphatic heterocycles. The standard InChI is InChI=1S/C25H23N3O4S/c1-2-3-11-30-19-8-6-18(7-9-19)24(29)28(15-17-5-4-10-26-14-17)25-27-20-12-21-22(32-16-31-21)13-23(20)33-25/h4-10,12-14H,2-3,11,15-16H2,1H3. The van der Waals surface area contributed by atoms with Crippen LogP contribution >= 0.6 is 11.3 Å². The van der Waals surface area contributed by atoms with E-state index in [0.29, 0.717) is 35.3 Å². The van der Waals surface area contributed by atoms with Crippen molar-refractivity contribution in [3.05, 3.63) is 72.1 Å². The zero-order valence-corrected chi connectivity index (χ0v) is 19.0. The van der Waals surface area contributed by atoms with Crippen molar-refractivity contribution in [2.45, 2.75) is 26.3 Å². The number of anilines is 1. The molecule has 1 aliphatic rings. The summed E-state index contributed by atoms with van der Waals surface area (Å²) < 4.78 is 17.6. The zero-order chi connectivity index (χ0) is 22.6. The highest BCUT2D eigenvalue weighted by Crippen LogP contribution is 2.40. The van der Waals surface area contributed by atoms with Gasteiger partial charge in [-0.15, -0.1) is 0 Å². The molecule has 0 aliphatic carbocycles. The Labute approximate surface area is 195 Å². The number of aromatic nitrogens is 2. The van der Waals surface area contributed by atoms with E-state index in [1.165, 1.54) is 11.3 Å². The van der Waals surface area contributed by atoms with Crippen LogP contribution in [-0.4, -0.2) is 29.3 Å². The molecular formula is C25H23N3O4S. The van der Waals surface area contributed by atoms with Crippen LogP contribution in [0.3, 0.4) is 0 Å². The average molecular weight is 462 g/mol. The van der Waals surface area contributed by atoms with Gasteiger partial charge in [-0.25, -0.2) is 4.98 Å². The molecule has 4 aromatic rings. The highest BCUT2D eigenvalue weighted by atomic mass is 32.1. The molecule has 8 heteroatoms. The van der Waals surface area contributed by atoms with Crippen molar-refractivity contribution >= 4 is 32.6 Å². The van der Waals surface area contributed by atoms with Gasteiger partial charge < -0.3 is 14.2 Å². The van der Waals surface area contributed by atoms with Crippen molar-refractivity contribution in [1.82, 2.24) is 9.97 Å². The summed E-state index contributed by atoms with van der Waals surface area (Å²) in [6.07, 6.45) is 5.54. The summed E-state index contributed by atoms with van der Waals surface area (Å²) in [4.78, 5) is 24.2. The summed E-state index contributed by atoms with van der Waals surface area (Å²) in [6.45, 7) is 3.36. The summed E-state index contributed by atoms with van der Waals surface area (Å²) in [6, 6.07) is 14.8. The van der Waals surface area contributed by atoms with Gasteiger partial charge >= 0.3 is 0 Å². The van der Waals surface area contributed by atoms with Crippen molar-refractivity contribution in [3.63, 3.8) is 0 Å². The second-order valence-electron chi connectivity index (χ2n) is 7.65.